The molecule has 0 bridgehead atoms. The van der Waals surface area contributed by atoms with Crippen LogP contribution >= 0.6 is 0 Å². The number of imidazole rings is 1. The second-order valence-electron chi connectivity index (χ2n) is 4.43. The van der Waals surface area contributed by atoms with Crippen LogP contribution in [0.3, 0.4) is 0 Å². The highest BCUT2D eigenvalue weighted by Crippen LogP contribution is 2.24. The van der Waals surface area contributed by atoms with Crippen LogP contribution < -0.4 is 5.32 Å². The van der Waals surface area contributed by atoms with Gasteiger partial charge in [-0.3, -0.25) is 4.79 Å². The maximum Gasteiger partial charge on any atom is 0.248 e. The number of amides is 1. The minimum atomic E-state index is -0.477. The molecule has 19 heavy (non-hydrogen) atoms. The Bertz CT molecular complexity index is 562. The van der Waals surface area contributed by atoms with Gasteiger partial charge in [-0.05, 0) is 7.05 Å². The van der Waals surface area contributed by atoms with Crippen molar-refractivity contribution in [2.45, 2.75) is 19.0 Å². The molecule has 100 valence electrons. The molecular weight excluding hydrogens is 246 g/mol. The van der Waals surface area contributed by atoms with Gasteiger partial charge in [-0.1, -0.05) is 0 Å². The summed E-state index contributed by atoms with van der Waals surface area (Å²) in [6, 6.07) is -0.477. The fraction of sp³-hybridized carbons (Fsp3) is 0.417. The SMILES string of the molecule is CNC1C(=O)N(Cc2ncc[nH]2)CCc2ncoc21. The average Bonchev–Trinajstić information content (AvgIpc) is 3.04. The van der Waals surface area contributed by atoms with Gasteiger partial charge in [0.25, 0.3) is 0 Å². The number of likely N-dealkylation sites (N-methyl/N-ethyl adjacent to an activating group) is 1. The van der Waals surface area contributed by atoms with E-state index in [4.69, 9.17) is 4.42 Å². The third kappa shape index (κ3) is 2.12. The first-order valence-electron chi connectivity index (χ1n) is 6.16. The molecule has 0 saturated heterocycles. The number of H-pyrrole nitrogens is 1. The summed E-state index contributed by atoms with van der Waals surface area (Å²) < 4.78 is 5.35. The highest BCUT2D eigenvalue weighted by Gasteiger charge is 2.33. The number of hydrogen-bond donors (Lipinski definition) is 2. The van der Waals surface area contributed by atoms with Gasteiger partial charge in [0, 0.05) is 25.4 Å². The Morgan fingerprint density at radius 2 is 2.47 bits per heavy atom. The molecule has 7 nitrogen and oxygen atoms in total. The fourth-order valence-corrected chi connectivity index (χ4v) is 2.32. The van der Waals surface area contributed by atoms with Crippen LogP contribution in [0.25, 0.3) is 0 Å². The van der Waals surface area contributed by atoms with Gasteiger partial charge in [0.05, 0.1) is 12.2 Å². The molecule has 0 saturated carbocycles. The Morgan fingerprint density at radius 3 is 3.21 bits per heavy atom. The first-order valence-corrected chi connectivity index (χ1v) is 6.16. The molecule has 1 atom stereocenters. The number of oxazole rings is 1. The predicted octanol–water partition coefficient (Wildman–Crippen LogP) is 0.243. The van der Waals surface area contributed by atoms with E-state index in [1.54, 1.807) is 24.3 Å². The summed E-state index contributed by atoms with van der Waals surface area (Å²) in [6.07, 6.45) is 5.51. The second kappa shape index (κ2) is 4.85. The van der Waals surface area contributed by atoms with Gasteiger partial charge in [0.1, 0.15) is 11.9 Å². The van der Waals surface area contributed by atoms with Crippen molar-refractivity contribution in [2.24, 2.45) is 0 Å². The van der Waals surface area contributed by atoms with Crippen molar-refractivity contribution >= 4 is 5.91 Å². The van der Waals surface area contributed by atoms with Gasteiger partial charge >= 0.3 is 0 Å². The summed E-state index contributed by atoms with van der Waals surface area (Å²) in [5, 5.41) is 2.99. The van der Waals surface area contributed by atoms with Crippen LogP contribution in [0.1, 0.15) is 23.3 Å². The van der Waals surface area contributed by atoms with Crippen molar-refractivity contribution in [1.29, 1.82) is 0 Å². The number of aromatic nitrogens is 3. The van der Waals surface area contributed by atoms with E-state index in [1.165, 1.54) is 6.39 Å². The lowest BCUT2D eigenvalue weighted by Crippen LogP contribution is -2.38. The average molecular weight is 261 g/mol. The summed E-state index contributed by atoms with van der Waals surface area (Å²) in [6.45, 7) is 1.07. The van der Waals surface area contributed by atoms with E-state index in [0.29, 0.717) is 25.3 Å². The zero-order valence-electron chi connectivity index (χ0n) is 10.6. The Balaban J connectivity index is 1.85. The summed E-state index contributed by atoms with van der Waals surface area (Å²) in [7, 11) is 1.74. The van der Waals surface area contributed by atoms with Crippen molar-refractivity contribution in [1.82, 2.24) is 25.2 Å². The molecule has 0 aliphatic carbocycles. The zero-order valence-corrected chi connectivity index (χ0v) is 10.6. The number of nitrogens with zero attached hydrogens (tertiary/aromatic N) is 3. The van der Waals surface area contributed by atoms with Gasteiger partial charge < -0.3 is 19.6 Å². The van der Waals surface area contributed by atoms with Crippen molar-refractivity contribution < 1.29 is 9.21 Å². The topological polar surface area (TPSA) is 87.0 Å². The molecular formula is C12H15N5O2. The standard InChI is InChI=1S/C12H15N5O2/c1-13-10-11-8(16-7-19-11)2-5-17(12(10)18)6-9-14-3-4-15-9/h3-4,7,10,13H,2,5-6H2,1H3,(H,14,15). The van der Waals surface area contributed by atoms with Gasteiger partial charge in [-0.2, -0.15) is 0 Å². The molecule has 2 aromatic rings. The maximum atomic E-state index is 12.5. The quantitative estimate of drug-likeness (QED) is 0.826. The molecule has 3 heterocycles. The normalized spacial score (nSPS) is 19.3. The molecule has 2 N–H and O–H groups in total. The third-order valence-electron chi connectivity index (χ3n) is 3.30. The van der Waals surface area contributed by atoms with Gasteiger partial charge in [0.2, 0.25) is 5.91 Å². The molecule has 0 spiro atoms. The van der Waals surface area contributed by atoms with Gasteiger partial charge in [0.15, 0.2) is 12.2 Å². The lowest BCUT2D eigenvalue weighted by Gasteiger charge is -2.22. The van der Waals surface area contributed by atoms with Gasteiger partial charge in [-0.25, -0.2) is 9.97 Å². The lowest BCUT2D eigenvalue weighted by atomic mass is 10.1. The molecule has 7 heteroatoms. The number of rotatable bonds is 3. The van der Waals surface area contributed by atoms with Crippen LogP contribution in [0.4, 0.5) is 0 Å². The molecule has 1 aliphatic heterocycles. The van der Waals surface area contributed by atoms with E-state index < -0.39 is 6.04 Å². The summed E-state index contributed by atoms with van der Waals surface area (Å²) >= 11 is 0. The van der Waals surface area contributed by atoms with E-state index >= 15 is 0 Å². The summed E-state index contributed by atoms with van der Waals surface area (Å²) in [4.78, 5) is 25.6. The Hall–Kier alpha value is -2.15. The van der Waals surface area contributed by atoms with Crippen molar-refractivity contribution in [3.63, 3.8) is 0 Å². The molecule has 0 fully saturated rings. The van der Waals surface area contributed by atoms with E-state index in [2.05, 4.69) is 20.3 Å². The number of carbonyl (C=O) groups is 1. The maximum absolute atomic E-state index is 12.5. The van der Waals surface area contributed by atoms with Crippen LogP contribution in [0.2, 0.25) is 0 Å². The fourth-order valence-electron chi connectivity index (χ4n) is 2.32. The number of carbonyl (C=O) groups excluding carboxylic acids is 1. The number of fused-ring (bicyclic) bond motifs is 1. The third-order valence-corrected chi connectivity index (χ3v) is 3.30. The minimum absolute atomic E-state index is 0.0191. The van der Waals surface area contributed by atoms with E-state index in [1.807, 2.05) is 0 Å². The molecule has 3 rings (SSSR count). The van der Waals surface area contributed by atoms with Crippen LogP contribution in [0, 0.1) is 0 Å². The van der Waals surface area contributed by atoms with Crippen molar-refractivity contribution in [2.75, 3.05) is 13.6 Å². The van der Waals surface area contributed by atoms with Crippen LogP contribution in [-0.4, -0.2) is 39.4 Å². The number of aromatic amines is 1. The first kappa shape index (κ1) is 11.9. The predicted molar refractivity (Wildman–Crippen MR) is 66.0 cm³/mol. The minimum Gasteiger partial charge on any atom is -0.446 e. The first-order chi connectivity index (χ1) is 9.29. The Kier molecular flexibility index (Phi) is 3.04. The zero-order chi connectivity index (χ0) is 13.2. The summed E-state index contributed by atoms with van der Waals surface area (Å²) in [5.41, 5.74) is 0.842. The molecule has 1 amide bonds. The summed E-state index contributed by atoms with van der Waals surface area (Å²) in [5.74, 6) is 1.37. The second-order valence-corrected chi connectivity index (χ2v) is 4.43. The number of nitrogens with one attached hydrogen (secondary N) is 2. The number of hydrogen-bond acceptors (Lipinski definition) is 5. The highest BCUT2D eigenvalue weighted by molar-refractivity contribution is 5.83. The molecule has 0 radical (unpaired) electrons. The molecule has 1 unspecified atom stereocenters. The van der Waals surface area contributed by atoms with E-state index in [9.17, 15) is 4.79 Å². The monoisotopic (exact) mass is 261 g/mol. The molecule has 1 aliphatic rings. The molecule has 2 aromatic heterocycles. The van der Waals surface area contributed by atoms with Crippen molar-refractivity contribution in [3.8, 4) is 0 Å². The van der Waals surface area contributed by atoms with Crippen LogP contribution in [0.5, 0.6) is 0 Å². The van der Waals surface area contributed by atoms with E-state index in [0.717, 1.165) is 11.5 Å². The smallest absolute Gasteiger partial charge is 0.248 e. The van der Waals surface area contributed by atoms with E-state index in [-0.39, 0.29) is 5.91 Å². The van der Waals surface area contributed by atoms with Crippen LogP contribution in [-0.2, 0) is 17.8 Å². The van der Waals surface area contributed by atoms with Crippen LogP contribution in [0.15, 0.2) is 23.2 Å². The van der Waals surface area contributed by atoms with Gasteiger partial charge in [-0.15, -0.1) is 0 Å². The lowest BCUT2D eigenvalue weighted by molar-refractivity contribution is -0.134. The Labute approximate surface area is 110 Å². The highest BCUT2D eigenvalue weighted by atomic mass is 16.3. The Morgan fingerprint density at radius 1 is 1.58 bits per heavy atom. The van der Waals surface area contributed by atoms with Crippen molar-refractivity contribution in [3.05, 3.63) is 36.1 Å². The largest absolute Gasteiger partial charge is 0.446 e. The molecule has 0 aromatic carbocycles.